The van der Waals surface area contributed by atoms with Gasteiger partial charge in [0.25, 0.3) is 0 Å². The zero-order valence-corrected chi connectivity index (χ0v) is 17.4. The van der Waals surface area contributed by atoms with Crippen molar-refractivity contribution in [2.75, 3.05) is 6.61 Å². The summed E-state index contributed by atoms with van der Waals surface area (Å²) in [6.07, 6.45) is 0. The fourth-order valence-corrected chi connectivity index (χ4v) is 4.07. The fraction of sp³-hybridized carbons (Fsp3) is 0.222. The highest BCUT2D eigenvalue weighted by atomic mass is 35.5. The maximum absolute atomic E-state index is 12.9. The van der Waals surface area contributed by atoms with Gasteiger partial charge in [0, 0.05) is 15.6 Å². The lowest BCUT2D eigenvalue weighted by Crippen LogP contribution is -2.30. The zero-order valence-electron chi connectivity index (χ0n) is 15.1. The summed E-state index contributed by atoms with van der Waals surface area (Å²) in [6, 6.07) is 9.15. The molecule has 0 amide bonds. The van der Waals surface area contributed by atoms with Gasteiger partial charge in [-0.3, -0.25) is 0 Å². The van der Waals surface area contributed by atoms with Gasteiger partial charge in [-0.2, -0.15) is 4.72 Å². The molecule has 10 heteroatoms. The first-order valence-electron chi connectivity index (χ1n) is 8.14. The fourth-order valence-electron chi connectivity index (χ4n) is 2.38. The molecule has 1 unspecified atom stereocenters. The number of rotatable bonds is 7. The van der Waals surface area contributed by atoms with E-state index in [4.69, 9.17) is 27.9 Å². The van der Waals surface area contributed by atoms with Gasteiger partial charge < -0.3 is 9.84 Å². The van der Waals surface area contributed by atoms with Crippen molar-refractivity contribution < 1.29 is 18.3 Å². The van der Waals surface area contributed by atoms with Crippen molar-refractivity contribution in [2.45, 2.75) is 24.8 Å². The molecule has 0 radical (unpaired) electrons. The summed E-state index contributed by atoms with van der Waals surface area (Å²) < 4.78 is 33.1. The Hall–Kier alpha value is -2.31. The van der Waals surface area contributed by atoms with Gasteiger partial charge >= 0.3 is 11.6 Å². The van der Waals surface area contributed by atoms with E-state index < -0.39 is 27.7 Å². The van der Waals surface area contributed by atoms with Crippen molar-refractivity contribution in [1.29, 1.82) is 5.39 Å². The van der Waals surface area contributed by atoms with Crippen LogP contribution in [0.5, 0.6) is 0 Å². The molecule has 2 aromatic rings. The van der Waals surface area contributed by atoms with Gasteiger partial charge in [-0.15, -0.1) is 0 Å². The van der Waals surface area contributed by atoms with Crippen LogP contribution in [0.2, 0.25) is 10.0 Å². The quantitative estimate of drug-likeness (QED) is 0.466. The molecular weight excluding hydrogens is 425 g/mol. The van der Waals surface area contributed by atoms with Gasteiger partial charge in [0.05, 0.1) is 11.5 Å². The van der Waals surface area contributed by atoms with E-state index in [1.807, 2.05) is 6.92 Å². The molecule has 0 aliphatic heterocycles. The molecule has 0 saturated carbocycles. The normalized spacial score (nSPS) is 13.4. The van der Waals surface area contributed by atoms with Crippen LogP contribution in [0.15, 0.2) is 59.0 Å². The van der Waals surface area contributed by atoms with Crippen LogP contribution in [-0.4, -0.2) is 20.1 Å². The molecule has 7 nitrogen and oxygen atoms in total. The summed E-state index contributed by atoms with van der Waals surface area (Å²) in [7, 11) is -4.07. The van der Waals surface area contributed by atoms with Crippen molar-refractivity contribution >= 4 is 33.2 Å². The average Bonchev–Trinajstić information content (AvgIpc) is 2.62. The highest BCUT2D eigenvalue weighted by Gasteiger charge is 2.38. The predicted octanol–water partition coefficient (Wildman–Crippen LogP) is 4.94. The summed E-state index contributed by atoms with van der Waals surface area (Å²) in [6.45, 7) is 3.49. The second-order valence-electron chi connectivity index (χ2n) is 5.76. The van der Waals surface area contributed by atoms with E-state index in [9.17, 15) is 18.9 Å². The topological polar surface area (TPSA) is 104 Å². The first-order chi connectivity index (χ1) is 13.2. The number of hydrogen-bond acceptors (Lipinski definition) is 5. The predicted molar refractivity (Wildman–Crippen MR) is 107 cm³/mol. The molecule has 148 valence electrons. The van der Waals surface area contributed by atoms with E-state index in [1.54, 1.807) is 19.1 Å². The number of nitrogens with one attached hydrogen (secondary N) is 1. The maximum atomic E-state index is 12.9. The van der Waals surface area contributed by atoms with E-state index in [1.165, 1.54) is 30.3 Å². The summed E-state index contributed by atoms with van der Waals surface area (Å²) in [5, 5.41) is 20.0. The Labute approximate surface area is 173 Å². The van der Waals surface area contributed by atoms with Crippen molar-refractivity contribution in [2.24, 2.45) is 0 Å². The second-order valence-corrected chi connectivity index (χ2v) is 8.31. The molecule has 2 rings (SSSR count). The summed E-state index contributed by atoms with van der Waals surface area (Å²) in [4.78, 5) is 3.01. The minimum absolute atomic E-state index is 0.0126. The SMILES string of the molecule is CCO/C(O)=C(\[N+]#N)C(NS(=O)(=O)c1ccc(C)cc1)c1ccc(Cl)cc1Cl. The van der Waals surface area contributed by atoms with Gasteiger partial charge in [-0.1, -0.05) is 47.0 Å². The Morgan fingerprint density at radius 3 is 2.43 bits per heavy atom. The van der Waals surface area contributed by atoms with E-state index in [-0.39, 0.29) is 22.1 Å². The largest absolute Gasteiger partial charge is 0.475 e. The third-order valence-electron chi connectivity index (χ3n) is 3.76. The standard InChI is InChI=1S/C18H17Cl2N3O4S/c1-3-27-18(24)17(22-21)16(14-9-6-12(19)10-15(14)20)23-28(25,26)13-7-4-11(2)5-8-13/h4-10,16,23H,3H2,1-2H3/p+1/b18-17-. The van der Waals surface area contributed by atoms with E-state index in [2.05, 4.69) is 9.70 Å². The van der Waals surface area contributed by atoms with Crippen molar-refractivity contribution in [3.05, 3.63) is 80.3 Å². The molecular formula is C18H18Cl2N3O4S+. The number of aryl methyl sites for hydroxylation is 1. The summed E-state index contributed by atoms with van der Waals surface area (Å²) in [5.41, 5.74) is 0.638. The van der Waals surface area contributed by atoms with Gasteiger partial charge in [0.1, 0.15) is 0 Å². The van der Waals surface area contributed by atoms with Crippen LogP contribution in [0.4, 0.5) is 0 Å². The number of halogens is 2. The van der Waals surface area contributed by atoms with Crippen molar-refractivity contribution in [3.8, 4) is 0 Å². The number of aliphatic hydroxyl groups is 1. The molecule has 0 aromatic heterocycles. The Balaban J connectivity index is 2.60. The molecule has 28 heavy (non-hydrogen) atoms. The first-order valence-corrected chi connectivity index (χ1v) is 10.4. The first kappa shape index (κ1) is 22.0. The van der Waals surface area contributed by atoms with E-state index in [0.717, 1.165) is 5.56 Å². The second kappa shape index (κ2) is 9.26. The number of aliphatic hydroxyl groups excluding tert-OH is 1. The van der Waals surface area contributed by atoms with Crippen LogP contribution in [-0.2, 0) is 14.8 Å². The number of sulfonamides is 1. The lowest BCUT2D eigenvalue weighted by molar-refractivity contribution is 0.0968. The van der Waals surface area contributed by atoms with Crippen LogP contribution < -0.4 is 4.72 Å². The van der Waals surface area contributed by atoms with Gasteiger partial charge in [-0.25, -0.2) is 8.42 Å². The number of nitrogens with zero attached hydrogens (tertiary/aromatic N) is 2. The monoisotopic (exact) mass is 442 g/mol. The maximum Gasteiger partial charge on any atom is 0.462 e. The highest BCUT2D eigenvalue weighted by molar-refractivity contribution is 7.89. The Kier molecular flexibility index (Phi) is 7.27. The van der Waals surface area contributed by atoms with Gasteiger partial charge in [0.15, 0.2) is 11.0 Å². The number of benzene rings is 2. The van der Waals surface area contributed by atoms with Crippen LogP contribution in [0, 0.1) is 12.3 Å². The Bertz CT molecular complexity index is 1030. The molecule has 0 aliphatic carbocycles. The third-order valence-corrected chi connectivity index (χ3v) is 5.76. The van der Waals surface area contributed by atoms with Gasteiger partial charge in [-0.05, 0) is 38.1 Å². The number of ether oxygens (including phenoxy) is 1. The van der Waals surface area contributed by atoms with Crippen molar-refractivity contribution in [3.63, 3.8) is 0 Å². The minimum Gasteiger partial charge on any atom is -0.475 e. The molecule has 2 N–H and O–H groups in total. The number of hydrogen-bond donors (Lipinski definition) is 2. The van der Waals surface area contributed by atoms with Crippen LogP contribution in [0.3, 0.4) is 0 Å². The average molecular weight is 443 g/mol. The van der Waals surface area contributed by atoms with Crippen LogP contribution in [0.25, 0.3) is 4.98 Å². The van der Waals surface area contributed by atoms with Crippen LogP contribution in [0.1, 0.15) is 24.1 Å². The third kappa shape index (κ3) is 5.14. The van der Waals surface area contributed by atoms with Crippen LogP contribution >= 0.6 is 23.2 Å². The zero-order chi connectivity index (χ0) is 20.9. The lowest BCUT2D eigenvalue weighted by Gasteiger charge is -2.16. The smallest absolute Gasteiger partial charge is 0.462 e. The molecule has 0 fully saturated rings. The highest BCUT2D eigenvalue weighted by Crippen LogP contribution is 2.33. The van der Waals surface area contributed by atoms with Crippen molar-refractivity contribution in [1.82, 2.24) is 4.72 Å². The van der Waals surface area contributed by atoms with Gasteiger partial charge in [0.2, 0.25) is 15.4 Å². The minimum atomic E-state index is -4.07. The molecule has 1 atom stereocenters. The molecule has 2 aromatic carbocycles. The molecule has 0 heterocycles. The number of diazo groups is 1. The molecule has 0 spiro atoms. The van der Waals surface area contributed by atoms with E-state index >= 15 is 0 Å². The Morgan fingerprint density at radius 1 is 1.25 bits per heavy atom. The Morgan fingerprint density at radius 2 is 1.89 bits per heavy atom. The summed E-state index contributed by atoms with van der Waals surface area (Å²) >= 11 is 12.1. The molecule has 0 saturated heterocycles. The van der Waals surface area contributed by atoms with E-state index in [0.29, 0.717) is 5.02 Å². The molecule has 0 aliphatic rings. The summed E-state index contributed by atoms with van der Waals surface area (Å²) in [5.74, 6) is -0.743. The molecule has 0 bridgehead atoms. The lowest BCUT2D eigenvalue weighted by atomic mass is 10.1.